The van der Waals surface area contributed by atoms with Gasteiger partial charge in [0.15, 0.2) is 0 Å². The smallest absolute Gasteiger partial charge is 0.345 e. The van der Waals surface area contributed by atoms with Crippen molar-refractivity contribution in [1.82, 2.24) is 0 Å². The maximum Gasteiger partial charge on any atom is 0.345 e. The molecule has 0 radical (unpaired) electrons. The first-order chi connectivity index (χ1) is 15.8. The number of hydrogen-bond donors (Lipinski definition) is 1. The molecular formula is C27H28BrNO5. The van der Waals surface area contributed by atoms with Crippen LogP contribution in [0.3, 0.4) is 0 Å². The molecule has 0 spiro atoms. The number of carboxylic acid groups (broad SMARTS) is 1. The van der Waals surface area contributed by atoms with E-state index in [1.54, 1.807) is 65.0 Å². The second-order valence-corrected chi connectivity index (χ2v) is 10.8. The minimum Gasteiger partial charge on any atom is -0.481 e. The van der Waals surface area contributed by atoms with Gasteiger partial charge in [-0.2, -0.15) is 5.26 Å². The summed E-state index contributed by atoms with van der Waals surface area (Å²) in [6.45, 7) is 8.86. The van der Waals surface area contributed by atoms with Crippen LogP contribution in [0.1, 0.15) is 46.1 Å². The number of nitrogens with zero attached hydrogens (tertiary/aromatic N) is 1. The number of esters is 1. The van der Waals surface area contributed by atoms with Gasteiger partial charge in [0.25, 0.3) is 0 Å². The van der Waals surface area contributed by atoms with Crippen LogP contribution in [0.15, 0.2) is 65.2 Å². The molecule has 0 aromatic heterocycles. The zero-order valence-corrected chi connectivity index (χ0v) is 21.4. The summed E-state index contributed by atoms with van der Waals surface area (Å²) in [6, 6.07) is 18.4. The van der Waals surface area contributed by atoms with E-state index in [1.165, 1.54) is 0 Å². The molecule has 6 nitrogen and oxygen atoms in total. The number of allylic oxidation sites excluding steroid dienone is 1. The van der Waals surface area contributed by atoms with Gasteiger partial charge in [-0.1, -0.05) is 50.3 Å². The minimum absolute atomic E-state index is 0.140. The van der Waals surface area contributed by atoms with Gasteiger partial charge < -0.3 is 14.6 Å². The van der Waals surface area contributed by atoms with Crippen LogP contribution in [0.25, 0.3) is 0 Å². The van der Waals surface area contributed by atoms with Crippen molar-refractivity contribution in [1.29, 1.82) is 5.26 Å². The summed E-state index contributed by atoms with van der Waals surface area (Å²) in [5.41, 5.74) is -2.39. The minimum atomic E-state index is -1.44. The largest absolute Gasteiger partial charge is 0.481 e. The Morgan fingerprint density at radius 2 is 1.74 bits per heavy atom. The molecule has 3 rings (SSSR count). The van der Waals surface area contributed by atoms with E-state index >= 15 is 0 Å². The van der Waals surface area contributed by atoms with E-state index in [1.807, 2.05) is 30.3 Å². The number of para-hydroxylation sites is 1. The molecule has 0 unspecified atom stereocenters. The van der Waals surface area contributed by atoms with E-state index in [9.17, 15) is 20.0 Å². The monoisotopic (exact) mass is 525 g/mol. The number of carboxylic acids is 1. The summed E-state index contributed by atoms with van der Waals surface area (Å²) in [7, 11) is 0. The first-order valence-electron chi connectivity index (χ1n) is 10.9. The van der Waals surface area contributed by atoms with E-state index in [4.69, 9.17) is 9.47 Å². The number of carbonyl (C=O) groups excluding carboxylic acids is 1. The third-order valence-electron chi connectivity index (χ3n) is 6.27. The Morgan fingerprint density at radius 1 is 1.12 bits per heavy atom. The third-order valence-corrected chi connectivity index (χ3v) is 6.85. The molecule has 178 valence electrons. The van der Waals surface area contributed by atoms with Crippen molar-refractivity contribution < 1.29 is 24.2 Å². The predicted octanol–water partition coefficient (Wildman–Crippen LogP) is 6.43. The first kappa shape index (κ1) is 25.5. The summed E-state index contributed by atoms with van der Waals surface area (Å²) in [5.74, 6) is -2.09. The van der Waals surface area contributed by atoms with Gasteiger partial charge >= 0.3 is 11.9 Å². The third kappa shape index (κ3) is 4.74. The number of nitriles is 1. The normalized spacial score (nSPS) is 22.3. The lowest BCUT2D eigenvalue weighted by Gasteiger charge is -2.22. The van der Waals surface area contributed by atoms with Gasteiger partial charge in [0.1, 0.15) is 22.5 Å². The highest BCUT2D eigenvalue weighted by Crippen LogP contribution is 2.75. The number of benzene rings is 2. The fourth-order valence-electron chi connectivity index (χ4n) is 4.62. The summed E-state index contributed by atoms with van der Waals surface area (Å²) in [5, 5.41) is 20.5. The molecule has 0 saturated heterocycles. The maximum atomic E-state index is 12.7. The molecular weight excluding hydrogens is 498 g/mol. The van der Waals surface area contributed by atoms with Crippen LogP contribution in [-0.4, -0.2) is 22.6 Å². The Kier molecular flexibility index (Phi) is 6.95. The second kappa shape index (κ2) is 9.27. The van der Waals surface area contributed by atoms with Crippen molar-refractivity contribution in [2.75, 3.05) is 0 Å². The zero-order chi connectivity index (χ0) is 25.3. The Hall–Kier alpha value is -3.11. The highest BCUT2D eigenvalue weighted by Gasteiger charge is 2.78. The van der Waals surface area contributed by atoms with Crippen molar-refractivity contribution in [3.63, 3.8) is 0 Å². The van der Waals surface area contributed by atoms with Gasteiger partial charge in [-0.3, -0.25) is 4.79 Å². The number of ether oxygens (including phenoxy) is 2. The molecule has 0 heterocycles. The van der Waals surface area contributed by atoms with Crippen LogP contribution in [0.5, 0.6) is 11.5 Å². The lowest BCUT2D eigenvalue weighted by molar-refractivity contribution is -0.149. The molecule has 1 aliphatic rings. The number of hydrogen-bond acceptors (Lipinski definition) is 5. The maximum absolute atomic E-state index is 12.7. The van der Waals surface area contributed by atoms with Gasteiger partial charge in [0.05, 0.1) is 16.5 Å². The second-order valence-electron chi connectivity index (χ2n) is 9.94. The van der Waals surface area contributed by atoms with Gasteiger partial charge in [-0.05, 0) is 71.9 Å². The van der Waals surface area contributed by atoms with Crippen molar-refractivity contribution in [2.45, 2.75) is 46.1 Å². The van der Waals surface area contributed by atoms with Crippen molar-refractivity contribution in [2.24, 2.45) is 16.7 Å². The molecule has 1 aliphatic carbocycles. The molecule has 7 heteroatoms. The van der Waals surface area contributed by atoms with Crippen LogP contribution in [0, 0.1) is 28.1 Å². The average molecular weight is 526 g/mol. The van der Waals surface area contributed by atoms with Crippen LogP contribution >= 0.6 is 15.9 Å². The number of halogens is 1. The first-order valence-corrected chi connectivity index (χ1v) is 11.7. The summed E-state index contributed by atoms with van der Waals surface area (Å²) >= 11 is 3.26. The molecule has 2 aromatic carbocycles. The quantitative estimate of drug-likeness (QED) is 0.330. The standard InChI is InChI=1S/C27H28BrNO5/c1-25(2,3)34-23(30)21(28)15-22-26(4,5)27(22,24(31)32)20(16-29)17-10-9-13-19(14-17)33-18-11-7-6-8-12-18/h6-15,20,22H,1-5H3,(H,31,32)/t20-,22-,27+/m0/s1. The highest BCUT2D eigenvalue weighted by atomic mass is 79.9. The van der Waals surface area contributed by atoms with Crippen LogP contribution in [0.2, 0.25) is 0 Å². The topological polar surface area (TPSA) is 96.6 Å². The van der Waals surface area contributed by atoms with Gasteiger partial charge in [0.2, 0.25) is 0 Å². The molecule has 0 aliphatic heterocycles. The summed E-state index contributed by atoms with van der Waals surface area (Å²) < 4.78 is 11.4. The Morgan fingerprint density at radius 3 is 2.29 bits per heavy atom. The van der Waals surface area contributed by atoms with Crippen molar-refractivity contribution >= 4 is 27.9 Å². The SMILES string of the molecule is CC(C)(C)OC(=O)C(Br)=C[C@H]1C(C)(C)[C@]1(C(=O)O)[C@@H](C#N)c1cccc(Oc2ccccc2)c1. The zero-order valence-electron chi connectivity index (χ0n) is 19.8. The van der Waals surface area contributed by atoms with E-state index < -0.39 is 40.2 Å². The Balaban J connectivity index is 1.98. The van der Waals surface area contributed by atoms with Crippen LogP contribution < -0.4 is 4.74 Å². The number of carbonyl (C=O) groups is 2. The van der Waals surface area contributed by atoms with Crippen molar-refractivity contribution in [3.05, 3.63) is 70.7 Å². The molecule has 1 fully saturated rings. The molecule has 3 atom stereocenters. The molecule has 0 amide bonds. The van der Waals surface area contributed by atoms with E-state index in [-0.39, 0.29) is 4.48 Å². The molecule has 1 saturated carbocycles. The highest BCUT2D eigenvalue weighted by molar-refractivity contribution is 9.12. The number of rotatable bonds is 7. The van der Waals surface area contributed by atoms with Gasteiger partial charge in [0, 0.05) is 5.92 Å². The molecule has 0 bridgehead atoms. The molecule has 2 aromatic rings. The average Bonchev–Trinajstić information content (AvgIpc) is 3.23. The van der Waals surface area contributed by atoms with E-state index in [0.717, 1.165) is 0 Å². The van der Waals surface area contributed by atoms with Crippen LogP contribution in [0.4, 0.5) is 0 Å². The molecule has 1 N–H and O–H groups in total. The summed E-state index contributed by atoms with van der Waals surface area (Å²) in [4.78, 5) is 25.2. The fraction of sp³-hybridized carbons (Fsp3) is 0.370. The van der Waals surface area contributed by atoms with E-state index in [0.29, 0.717) is 17.1 Å². The van der Waals surface area contributed by atoms with Crippen molar-refractivity contribution in [3.8, 4) is 17.6 Å². The lowest BCUT2D eigenvalue weighted by atomic mass is 9.78. The van der Waals surface area contributed by atoms with E-state index in [2.05, 4.69) is 22.0 Å². The lowest BCUT2D eigenvalue weighted by Crippen LogP contribution is -2.29. The van der Waals surface area contributed by atoms with Gasteiger partial charge in [-0.25, -0.2) is 4.79 Å². The number of aliphatic carboxylic acids is 1. The predicted molar refractivity (Wildman–Crippen MR) is 132 cm³/mol. The summed E-state index contributed by atoms with van der Waals surface area (Å²) in [6.07, 6.45) is 1.57. The van der Waals surface area contributed by atoms with Gasteiger partial charge in [-0.15, -0.1) is 0 Å². The molecule has 34 heavy (non-hydrogen) atoms. The van der Waals surface area contributed by atoms with Crippen LogP contribution in [-0.2, 0) is 14.3 Å². The fourth-order valence-corrected chi connectivity index (χ4v) is 4.97. The Labute approximate surface area is 208 Å². The Bertz CT molecular complexity index is 1160.